The molecule has 100 valence electrons. The Kier molecular flexibility index (Phi) is 4.48. The summed E-state index contributed by atoms with van der Waals surface area (Å²) in [6, 6.07) is 7.90. The van der Waals surface area contributed by atoms with Crippen molar-refractivity contribution in [2.45, 2.75) is 19.8 Å². The summed E-state index contributed by atoms with van der Waals surface area (Å²) in [6.45, 7) is 4.33. The van der Waals surface area contributed by atoms with Crippen molar-refractivity contribution < 1.29 is 4.74 Å². The van der Waals surface area contributed by atoms with Gasteiger partial charge in [-0.25, -0.2) is 4.98 Å². The second-order valence-electron chi connectivity index (χ2n) is 4.59. The third-order valence-electron chi connectivity index (χ3n) is 2.97. The second kappa shape index (κ2) is 5.93. The molecular formula is C15H15BrClNO. The Morgan fingerprint density at radius 3 is 2.58 bits per heavy atom. The van der Waals surface area contributed by atoms with Crippen LogP contribution in [0, 0.1) is 0 Å². The fourth-order valence-electron chi connectivity index (χ4n) is 2.00. The molecule has 0 saturated heterocycles. The Bertz CT molecular complexity index is 599. The van der Waals surface area contributed by atoms with Crippen LogP contribution >= 0.6 is 27.5 Å². The van der Waals surface area contributed by atoms with Gasteiger partial charge in [-0.05, 0) is 45.1 Å². The van der Waals surface area contributed by atoms with Crippen molar-refractivity contribution in [3.8, 4) is 17.0 Å². The van der Waals surface area contributed by atoms with E-state index in [1.807, 2.05) is 18.2 Å². The third kappa shape index (κ3) is 3.10. The van der Waals surface area contributed by atoms with Gasteiger partial charge in [0.05, 0.1) is 7.11 Å². The number of methoxy groups -OCH3 is 1. The summed E-state index contributed by atoms with van der Waals surface area (Å²) in [5, 5.41) is 0.724. The Morgan fingerprint density at radius 1 is 1.21 bits per heavy atom. The van der Waals surface area contributed by atoms with Gasteiger partial charge in [-0.3, -0.25) is 0 Å². The van der Waals surface area contributed by atoms with E-state index in [2.05, 4.69) is 40.8 Å². The number of rotatable bonds is 3. The number of nitrogens with zero attached hydrogens (tertiary/aromatic N) is 1. The van der Waals surface area contributed by atoms with Gasteiger partial charge in [-0.1, -0.05) is 31.5 Å². The van der Waals surface area contributed by atoms with Gasteiger partial charge < -0.3 is 4.74 Å². The maximum atomic E-state index is 6.14. The number of hydrogen-bond acceptors (Lipinski definition) is 2. The Labute approximate surface area is 126 Å². The summed E-state index contributed by atoms with van der Waals surface area (Å²) in [4.78, 5) is 4.18. The first-order chi connectivity index (χ1) is 9.02. The first kappa shape index (κ1) is 14.4. The van der Waals surface area contributed by atoms with Crippen molar-refractivity contribution in [1.82, 2.24) is 4.98 Å². The normalized spacial score (nSPS) is 10.8. The minimum absolute atomic E-state index is 0.415. The smallest absolute Gasteiger partial charge is 0.213 e. The molecule has 0 saturated carbocycles. The Balaban J connectivity index is 2.66. The molecule has 0 aliphatic carbocycles. The van der Waals surface area contributed by atoms with E-state index in [9.17, 15) is 0 Å². The van der Waals surface area contributed by atoms with Gasteiger partial charge >= 0.3 is 0 Å². The Hall–Kier alpha value is -1.06. The fourth-order valence-corrected chi connectivity index (χ4v) is 2.61. The monoisotopic (exact) mass is 339 g/mol. The maximum absolute atomic E-state index is 6.14. The SMILES string of the molecule is COc1cc(-c2cc(Cl)ccc2C(C)C)c(Br)cn1. The molecular weight excluding hydrogens is 326 g/mol. The highest BCUT2D eigenvalue weighted by atomic mass is 79.9. The van der Waals surface area contributed by atoms with E-state index >= 15 is 0 Å². The molecule has 0 spiro atoms. The average molecular weight is 341 g/mol. The van der Waals surface area contributed by atoms with Gasteiger partial charge in [0.1, 0.15) is 0 Å². The zero-order valence-electron chi connectivity index (χ0n) is 11.1. The summed E-state index contributed by atoms with van der Waals surface area (Å²) >= 11 is 9.68. The molecule has 2 aromatic rings. The van der Waals surface area contributed by atoms with Crippen LogP contribution < -0.4 is 4.74 Å². The van der Waals surface area contributed by atoms with Gasteiger partial charge in [0.2, 0.25) is 5.88 Å². The van der Waals surface area contributed by atoms with Gasteiger partial charge in [0.15, 0.2) is 0 Å². The molecule has 1 aromatic heterocycles. The summed E-state index contributed by atoms with van der Waals surface area (Å²) in [5.41, 5.74) is 3.39. The van der Waals surface area contributed by atoms with Crippen LogP contribution in [-0.4, -0.2) is 12.1 Å². The van der Waals surface area contributed by atoms with Crippen LogP contribution in [0.25, 0.3) is 11.1 Å². The van der Waals surface area contributed by atoms with Crippen LogP contribution in [0.2, 0.25) is 5.02 Å². The highest BCUT2D eigenvalue weighted by Crippen LogP contribution is 2.36. The zero-order valence-corrected chi connectivity index (χ0v) is 13.4. The molecule has 0 atom stereocenters. The van der Waals surface area contributed by atoms with E-state index in [-0.39, 0.29) is 0 Å². The lowest BCUT2D eigenvalue weighted by Crippen LogP contribution is -1.95. The van der Waals surface area contributed by atoms with Crippen LogP contribution in [0.4, 0.5) is 0 Å². The van der Waals surface area contributed by atoms with Crippen molar-refractivity contribution in [3.05, 3.63) is 45.5 Å². The summed E-state index contributed by atoms with van der Waals surface area (Å²) in [6.07, 6.45) is 1.75. The second-order valence-corrected chi connectivity index (χ2v) is 5.88. The van der Waals surface area contributed by atoms with Gasteiger partial charge in [-0.15, -0.1) is 0 Å². The lowest BCUT2D eigenvalue weighted by molar-refractivity contribution is 0.398. The summed E-state index contributed by atoms with van der Waals surface area (Å²) in [5.74, 6) is 1.01. The molecule has 0 fully saturated rings. The van der Waals surface area contributed by atoms with E-state index < -0.39 is 0 Å². The van der Waals surface area contributed by atoms with Crippen molar-refractivity contribution in [2.24, 2.45) is 0 Å². The standard InChI is InChI=1S/C15H15BrClNO/c1-9(2)11-5-4-10(17)6-12(11)13-7-15(19-3)18-8-14(13)16/h4-9H,1-3H3. The first-order valence-electron chi connectivity index (χ1n) is 6.02. The molecule has 4 heteroatoms. The molecule has 0 N–H and O–H groups in total. The molecule has 2 rings (SSSR count). The maximum Gasteiger partial charge on any atom is 0.213 e. The Morgan fingerprint density at radius 2 is 1.95 bits per heavy atom. The van der Waals surface area contributed by atoms with E-state index in [1.165, 1.54) is 5.56 Å². The van der Waals surface area contributed by atoms with E-state index in [0.29, 0.717) is 11.8 Å². The lowest BCUT2D eigenvalue weighted by atomic mass is 9.93. The molecule has 1 aromatic carbocycles. The van der Waals surface area contributed by atoms with E-state index in [4.69, 9.17) is 16.3 Å². The van der Waals surface area contributed by atoms with Crippen LogP contribution in [0.15, 0.2) is 34.9 Å². The lowest BCUT2D eigenvalue weighted by Gasteiger charge is -2.15. The molecule has 0 aliphatic heterocycles. The van der Waals surface area contributed by atoms with Gasteiger partial charge in [-0.2, -0.15) is 0 Å². The predicted octanol–water partition coefficient (Wildman–Crippen LogP) is 5.30. The largest absolute Gasteiger partial charge is 0.481 e. The molecule has 0 unspecified atom stereocenters. The van der Waals surface area contributed by atoms with Gasteiger partial charge in [0, 0.05) is 27.3 Å². The first-order valence-corrected chi connectivity index (χ1v) is 7.19. The fraction of sp³-hybridized carbons (Fsp3) is 0.267. The molecule has 1 heterocycles. The minimum Gasteiger partial charge on any atom is -0.481 e. The number of ether oxygens (including phenoxy) is 1. The van der Waals surface area contributed by atoms with Crippen LogP contribution in [0.5, 0.6) is 5.88 Å². The molecule has 19 heavy (non-hydrogen) atoms. The summed E-state index contributed by atoms with van der Waals surface area (Å²) in [7, 11) is 1.61. The van der Waals surface area contributed by atoms with E-state index in [0.717, 1.165) is 20.6 Å². The van der Waals surface area contributed by atoms with E-state index in [1.54, 1.807) is 13.3 Å². The van der Waals surface area contributed by atoms with Gasteiger partial charge in [0.25, 0.3) is 0 Å². The molecule has 0 amide bonds. The molecule has 0 bridgehead atoms. The highest BCUT2D eigenvalue weighted by molar-refractivity contribution is 9.10. The molecule has 2 nitrogen and oxygen atoms in total. The zero-order chi connectivity index (χ0) is 14.0. The number of pyridine rings is 1. The third-order valence-corrected chi connectivity index (χ3v) is 3.83. The molecule has 0 aliphatic rings. The highest BCUT2D eigenvalue weighted by Gasteiger charge is 2.13. The number of benzene rings is 1. The van der Waals surface area contributed by atoms with Crippen molar-refractivity contribution in [2.75, 3.05) is 7.11 Å². The van der Waals surface area contributed by atoms with Crippen LogP contribution in [0.3, 0.4) is 0 Å². The van der Waals surface area contributed by atoms with Crippen LogP contribution in [-0.2, 0) is 0 Å². The van der Waals surface area contributed by atoms with Crippen LogP contribution in [0.1, 0.15) is 25.3 Å². The van der Waals surface area contributed by atoms with Crippen molar-refractivity contribution >= 4 is 27.5 Å². The number of halogens is 2. The summed E-state index contributed by atoms with van der Waals surface area (Å²) < 4.78 is 6.13. The minimum atomic E-state index is 0.415. The number of hydrogen-bond donors (Lipinski definition) is 0. The van der Waals surface area contributed by atoms with Crippen molar-refractivity contribution in [3.63, 3.8) is 0 Å². The predicted molar refractivity (Wildman–Crippen MR) is 83.0 cm³/mol. The molecule has 0 radical (unpaired) electrons. The topological polar surface area (TPSA) is 22.1 Å². The average Bonchev–Trinajstić information content (AvgIpc) is 2.38. The number of aromatic nitrogens is 1. The van der Waals surface area contributed by atoms with Crippen molar-refractivity contribution in [1.29, 1.82) is 0 Å². The quantitative estimate of drug-likeness (QED) is 0.756.